The fourth-order valence-electron chi connectivity index (χ4n) is 3.74. The summed E-state index contributed by atoms with van der Waals surface area (Å²) in [7, 11) is 4.17. The minimum atomic E-state index is 0.0559. The molecule has 1 saturated heterocycles. The SMILES string of the molecule is CCn1c(CCNC(=O)N2CCC(CN(C)C)C2)nc2ccccc21. The maximum Gasteiger partial charge on any atom is 0.317 e. The number of aryl methyl sites for hydroxylation is 1. The molecule has 0 spiro atoms. The quantitative estimate of drug-likeness (QED) is 0.875. The smallest absolute Gasteiger partial charge is 0.317 e. The summed E-state index contributed by atoms with van der Waals surface area (Å²) < 4.78 is 2.23. The molecule has 1 N–H and O–H groups in total. The molecule has 1 fully saturated rings. The summed E-state index contributed by atoms with van der Waals surface area (Å²) in [6, 6.07) is 8.25. The number of aromatic nitrogens is 2. The van der Waals surface area contributed by atoms with E-state index in [1.807, 2.05) is 23.1 Å². The van der Waals surface area contributed by atoms with Gasteiger partial charge in [-0.15, -0.1) is 0 Å². The van der Waals surface area contributed by atoms with Gasteiger partial charge in [-0.25, -0.2) is 9.78 Å². The molecule has 2 amide bonds. The van der Waals surface area contributed by atoms with E-state index >= 15 is 0 Å². The van der Waals surface area contributed by atoms with Crippen LogP contribution in [0.3, 0.4) is 0 Å². The second kappa shape index (κ2) is 7.87. The van der Waals surface area contributed by atoms with E-state index in [9.17, 15) is 4.79 Å². The first-order valence-corrected chi connectivity index (χ1v) is 9.20. The van der Waals surface area contributed by atoms with Crippen molar-refractivity contribution in [3.8, 4) is 0 Å². The van der Waals surface area contributed by atoms with Crippen LogP contribution in [0.1, 0.15) is 19.2 Å². The summed E-state index contributed by atoms with van der Waals surface area (Å²) in [6.45, 7) is 6.41. The zero-order chi connectivity index (χ0) is 17.8. The van der Waals surface area contributed by atoms with Crippen LogP contribution in [0.2, 0.25) is 0 Å². The molecule has 0 aliphatic carbocycles. The predicted molar refractivity (Wildman–Crippen MR) is 101 cm³/mol. The average molecular weight is 343 g/mol. The topological polar surface area (TPSA) is 53.4 Å². The van der Waals surface area contributed by atoms with Crippen LogP contribution in [-0.2, 0) is 13.0 Å². The van der Waals surface area contributed by atoms with Crippen LogP contribution in [0.25, 0.3) is 11.0 Å². The number of carbonyl (C=O) groups is 1. The molecule has 136 valence electrons. The van der Waals surface area contributed by atoms with Crippen molar-refractivity contribution >= 4 is 17.1 Å². The molecule has 25 heavy (non-hydrogen) atoms. The van der Waals surface area contributed by atoms with Gasteiger partial charge >= 0.3 is 6.03 Å². The molecule has 6 heteroatoms. The first kappa shape index (κ1) is 17.7. The highest BCUT2D eigenvalue weighted by molar-refractivity contribution is 5.76. The molecule has 1 aromatic carbocycles. The van der Waals surface area contributed by atoms with E-state index in [0.717, 1.165) is 55.9 Å². The van der Waals surface area contributed by atoms with Gasteiger partial charge in [0.15, 0.2) is 0 Å². The molecule has 1 unspecified atom stereocenters. The number of nitrogens with zero attached hydrogens (tertiary/aromatic N) is 4. The van der Waals surface area contributed by atoms with E-state index in [4.69, 9.17) is 4.98 Å². The minimum Gasteiger partial charge on any atom is -0.338 e. The highest BCUT2D eigenvalue weighted by Crippen LogP contribution is 2.17. The molecular formula is C19H29N5O. The van der Waals surface area contributed by atoms with Crippen LogP contribution in [0.15, 0.2) is 24.3 Å². The molecule has 1 aliphatic rings. The number of fused-ring (bicyclic) bond motifs is 1. The minimum absolute atomic E-state index is 0.0559. The lowest BCUT2D eigenvalue weighted by Crippen LogP contribution is -2.40. The van der Waals surface area contributed by atoms with Gasteiger partial charge in [0.25, 0.3) is 0 Å². The van der Waals surface area contributed by atoms with Crippen LogP contribution >= 0.6 is 0 Å². The van der Waals surface area contributed by atoms with Crippen LogP contribution in [0, 0.1) is 5.92 Å². The maximum absolute atomic E-state index is 12.4. The lowest BCUT2D eigenvalue weighted by Gasteiger charge is -2.19. The summed E-state index contributed by atoms with van der Waals surface area (Å²) in [5.74, 6) is 1.63. The molecule has 0 radical (unpaired) electrons. The van der Waals surface area contributed by atoms with Gasteiger partial charge < -0.3 is 19.7 Å². The number of nitrogens with one attached hydrogen (secondary N) is 1. The van der Waals surface area contributed by atoms with Crippen molar-refractivity contribution in [1.82, 2.24) is 24.7 Å². The normalized spacial score (nSPS) is 17.6. The molecule has 1 atom stereocenters. The van der Waals surface area contributed by atoms with Gasteiger partial charge in [0.1, 0.15) is 5.82 Å². The summed E-state index contributed by atoms with van der Waals surface area (Å²) >= 11 is 0. The van der Waals surface area contributed by atoms with Gasteiger partial charge in [-0.3, -0.25) is 0 Å². The Hall–Kier alpha value is -2.08. The van der Waals surface area contributed by atoms with Crippen molar-refractivity contribution in [3.05, 3.63) is 30.1 Å². The number of rotatable bonds is 6. The van der Waals surface area contributed by atoms with Gasteiger partial charge in [0.05, 0.1) is 11.0 Å². The lowest BCUT2D eigenvalue weighted by atomic mass is 10.1. The fraction of sp³-hybridized carbons (Fsp3) is 0.579. The molecule has 6 nitrogen and oxygen atoms in total. The summed E-state index contributed by atoms with van der Waals surface area (Å²) in [6.07, 6.45) is 1.85. The average Bonchev–Trinajstić information content (AvgIpc) is 3.18. The van der Waals surface area contributed by atoms with E-state index in [1.54, 1.807) is 0 Å². The van der Waals surface area contributed by atoms with Crippen molar-refractivity contribution in [2.75, 3.05) is 40.3 Å². The molecule has 0 saturated carbocycles. The van der Waals surface area contributed by atoms with Crippen molar-refractivity contribution < 1.29 is 4.79 Å². The monoisotopic (exact) mass is 343 g/mol. The van der Waals surface area contributed by atoms with Crippen LogP contribution in [-0.4, -0.2) is 65.7 Å². The van der Waals surface area contributed by atoms with Crippen molar-refractivity contribution in [1.29, 1.82) is 0 Å². The molecule has 3 rings (SSSR count). The van der Waals surface area contributed by atoms with Gasteiger partial charge in [-0.05, 0) is 45.5 Å². The van der Waals surface area contributed by atoms with Crippen LogP contribution in [0.5, 0.6) is 0 Å². The lowest BCUT2D eigenvalue weighted by molar-refractivity contribution is 0.205. The number of hydrogen-bond donors (Lipinski definition) is 1. The summed E-state index contributed by atoms with van der Waals surface area (Å²) in [4.78, 5) is 21.2. The maximum atomic E-state index is 12.4. The number of para-hydroxylation sites is 2. The summed E-state index contributed by atoms with van der Waals surface area (Å²) in [5.41, 5.74) is 2.19. The number of likely N-dealkylation sites (tertiary alicyclic amines) is 1. The van der Waals surface area contributed by atoms with E-state index in [0.29, 0.717) is 12.5 Å². The van der Waals surface area contributed by atoms with Gasteiger partial charge in [-0.1, -0.05) is 12.1 Å². The molecule has 1 aromatic heterocycles. The standard InChI is InChI=1S/C19H29N5O/c1-4-24-17-8-6-5-7-16(17)21-18(24)9-11-20-19(25)23-12-10-15(14-23)13-22(2)3/h5-8,15H,4,9-14H2,1-3H3,(H,20,25). The molecule has 2 heterocycles. The van der Waals surface area contributed by atoms with Crippen molar-refractivity contribution in [3.63, 3.8) is 0 Å². The summed E-state index contributed by atoms with van der Waals surface area (Å²) in [5, 5.41) is 3.06. The second-order valence-corrected chi connectivity index (χ2v) is 7.11. The van der Waals surface area contributed by atoms with Gasteiger partial charge in [0.2, 0.25) is 0 Å². The number of amides is 2. The Morgan fingerprint density at radius 1 is 1.36 bits per heavy atom. The Kier molecular flexibility index (Phi) is 5.58. The number of hydrogen-bond acceptors (Lipinski definition) is 3. The number of urea groups is 1. The Bertz CT molecular complexity index is 724. The Balaban J connectivity index is 1.52. The molecular weight excluding hydrogens is 314 g/mol. The predicted octanol–water partition coefficient (Wildman–Crippen LogP) is 2.19. The third kappa shape index (κ3) is 4.12. The fourth-order valence-corrected chi connectivity index (χ4v) is 3.74. The van der Waals surface area contributed by atoms with Gasteiger partial charge in [0, 0.05) is 39.1 Å². The molecule has 1 aliphatic heterocycles. The highest BCUT2D eigenvalue weighted by atomic mass is 16.2. The number of imidazole rings is 1. The third-order valence-electron chi connectivity index (χ3n) is 4.87. The van der Waals surface area contributed by atoms with Crippen molar-refractivity contribution in [2.45, 2.75) is 26.3 Å². The third-order valence-corrected chi connectivity index (χ3v) is 4.87. The van der Waals surface area contributed by atoms with E-state index in [-0.39, 0.29) is 6.03 Å². The van der Waals surface area contributed by atoms with Crippen LogP contribution < -0.4 is 5.32 Å². The first-order chi connectivity index (χ1) is 12.1. The Morgan fingerprint density at radius 2 is 2.16 bits per heavy atom. The van der Waals surface area contributed by atoms with Crippen molar-refractivity contribution in [2.24, 2.45) is 5.92 Å². The molecule has 2 aromatic rings. The Labute approximate surface area is 149 Å². The van der Waals surface area contributed by atoms with E-state index < -0.39 is 0 Å². The first-order valence-electron chi connectivity index (χ1n) is 9.20. The number of carbonyl (C=O) groups excluding carboxylic acids is 1. The van der Waals surface area contributed by atoms with E-state index in [1.165, 1.54) is 0 Å². The zero-order valence-corrected chi connectivity index (χ0v) is 15.5. The highest BCUT2D eigenvalue weighted by Gasteiger charge is 2.26. The van der Waals surface area contributed by atoms with E-state index in [2.05, 4.69) is 41.9 Å². The van der Waals surface area contributed by atoms with Crippen LogP contribution in [0.4, 0.5) is 4.79 Å². The van der Waals surface area contributed by atoms with Gasteiger partial charge in [-0.2, -0.15) is 0 Å². The number of benzene rings is 1. The largest absolute Gasteiger partial charge is 0.338 e. The zero-order valence-electron chi connectivity index (χ0n) is 15.5. The Morgan fingerprint density at radius 3 is 2.92 bits per heavy atom. The second-order valence-electron chi connectivity index (χ2n) is 7.11. The molecule has 0 bridgehead atoms.